The number of rotatable bonds is 5. The molecule has 1 atom stereocenters. The van der Waals surface area contributed by atoms with Gasteiger partial charge in [-0.2, -0.15) is 0 Å². The van der Waals surface area contributed by atoms with E-state index in [1.165, 1.54) is 18.4 Å². The molecule has 1 unspecified atom stereocenters. The summed E-state index contributed by atoms with van der Waals surface area (Å²) in [5.74, 6) is -0.321. The summed E-state index contributed by atoms with van der Waals surface area (Å²) in [6.07, 6.45) is 1.18. The standard InChI is InChI=1S/C11H15ClFNO2S/c1-8(14-5-6-17(2,15)16)10-4-3-9(13)7-11(10)12/h3-4,7-8,14H,5-6H2,1-2H3. The summed E-state index contributed by atoms with van der Waals surface area (Å²) in [5, 5.41) is 3.37. The minimum atomic E-state index is -2.97. The minimum Gasteiger partial charge on any atom is -0.309 e. The van der Waals surface area contributed by atoms with Gasteiger partial charge in [-0.15, -0.1) is 0 Å². The maximum absolute atomic E-state index is 12.8. The van der Waals surface area contributed by atoms with Gasteiger partial charge in [-0.05, 0) is 24.6 Å². The largest absolute Gasteiger partial charge is 0.309 e. The predicted molar refractivity (Wildman–Crippen MR) is 67.5 cm³/mol. The van der Waals surface area contributed by atoms with Crippen molar-refractivity contribution in [3.8, 4) is 0 Å². The van der Waals surface area contributed by atoms with Crippen LogP contribution in [0.4, 0.5) is 4.39 Å². The second kappa shape index (κ2) is 5.80. The van der Waals surface area contributed by atoms with Crippen molar-refractivity contribution in [3.05, 3.63) is 34.6 Å². The highest BCUT2D eigenvalue weighted by Crippen LogP contribution is 2.23. The lowest BCUT2D eigenvalue weighted by molar-refractivity contribution is 0.574. The number of hydrogen-bond donors (Lipinski definition) is 1. The maximum atomic E-state index is 12.8. The van der Waals surface area contributed by atoms with E-state index in [0.717, 1.165) is 5.56 Å². The molecule has 1 N–H and O–H groups in total. The molecule has 0 radical (unpaired) electrons. The zero-order valence-corrected chi connectivity index (χ0v) is 11.3. The van der Waals surface area contributed by atoms with E-state index < -0.39 is 9.84 Å². The first-order chi connectivity index (χ1) is 7.79. The Morgan fingerprint density at radius 1 is 1.47 bits per heavy atom. The van der Waals surface area contributed by atoms with Crippen molar-refractivity contribution in [1.82, 2.24) is 5.32 Å². The molecule has 3 nitrogen and oxygen atoms in total. The van der Waals surface area contributed by atoms with E-state index in [1.807, 2.05) is 6.92 Å². The van der Waals surface area contributed by atoms with Crippen molar-refractivity contribution in [2.24, 2.45) is 0 Å². The molecule has 1 aromatic carbocycles. The summed E-state index contributed by atoms with van der Waals surface area (Å²) >= 11 is 5.89. The highest BCUT2D eigenvalue weighted by atomic mass is 35.5. The van der Waals surface area contributed by atoms with Gasteiger partial charge in [-0.25, -0.2) is 12.8 Å². The number of halogens is 2. The second-order valence-corrected chi connectivity index (χ2v) is 6.64. The highest BCUT2D eigenvalue weighted by molar-refractivity contribution is 7.90. The van der Waals surface area contributed by atoms with Gasteiger partial charge in [0.1, 0.15) is 15.7 Å². The Bertz CT molecular complexity index is 490. The van der Waals surface area contributed by atoms with Crippen LogP contribution in [0.15, 0.2) is 18.2 Å². The van der Waals surface area contributed by atoms with Gasteiger partial charge in [0.2, 0.25) is 0 Å². The molecule has 0 fully saturated rings. The van der Waals surface area contributed by atoms with E-state index in [2.05, 4.69) is 5.32 Å². The average Bonchev–Trinajstić information content (AvgIpc) is 2.15. The van der Waals surface area contributed by atoms with Crippen LogP contribution in [0.25, 0.3) is 0 Å². The molecule has 0 bridgehead atoms. The Morgan fingerprint density at radius 3 is 2.65 bits per heavy atom. The van der Waals surface area contributed by atoms with E-state index in [-0.39, 0.29) is 17.6 Å². The normalized spacial score (nSPS) is 13.6. The van der Waals surface area contributed by atoms with E-state index in [9.17, 15) is 12.8 Å². The molecule has 0 aliphatic carbocycles. The van der Waals surface area contributed by atoms with Gasteiger partial charge in [0.25, 0.3) is 0 Å². The van der Waals surface area contributed by atoms with Crippen molar-refractivity contribution in [2.75, 3.05) is 18.6 Å². The van der Waals surface area contributed by atoms with E-state index in [1.54, 1.807) is 6.07 Å². The van der Waals surface area contributed by atoms with Crippen molar-refractivity contribution in [2.45, 2.75) is 13.0 Å². The predicted octanol–water partition coefficient (Wildman–Crippen LogP) is 2.17. The Balaban J connectivity index is 2.61. The molecule has 0 aliphatic heterocycles. The van der Waals surface area contributed by atoms with Crippen LogP contribution in [0, 0.1) is 5.82 Å². The van der Waals surface area contributed by atoms with Crippen LogP contribution in [0.2, 0.25) is 5.02 Å². The van der Waals surface area contributed by atoms with Gasteiger partial charge in [0.15, 0.2) is 0 Å². The average molecular weight is 280 g/mol. The molecule has 1 rings (SSSR count). The number of sulfone groups is 1. The third-order valence-corrected chi connectivity index (χ3v) is 3.63. The summed E-state index contributed by atoms with van der Waals surface area (Å²) in [6.45, 7) is 2.19. The number of nitrogens with one attached hydrogen (secondary N) is 1. The molecule has 6 heteroatoms. The molecule has 0 saturated carbocycles. The van der Waals surface area contributed by atoms with Crippen molar-refractivity contribution in [3.63, 3.8) is 0 Å². The topological polar surface area (TPSA) is 46.2 Å². The fourth-order valence-corrected chi connectivity index (χ4v) is 2.24. The van der Waals surface area contributed by atoms with E-state index in [0.29, 0.717) is 11.6 Å². The Labute approximate surface area is 106 Å². The van der Waals surface area contributed by atoms with Gasteiger partial charge in [-0.1, -0.05) is 17.7 Å². The summed E-state index contributed by atoms with van der Waals surface area (Å²) in [7, 11) is -2.97. The maximum Gasteiger partial charge on any atom is 0.148 e. The van der Waals surface area contributed by atoms with Crippen LogP contribution in [-0.2, 0) is 9.84 Å². The molecule has 0 heterocycles. The van der Waals surface area contributed by atoms with Crippen LogP contribution < -0.4 is 5.32 Å². The smallest absolute Gasteiger partial charge is 0.148 e. The Morgan fingerprint density at radius 2 is 2.12 bits per heavy atom. The third kappa shape index (κ3) is 5.02. The summed E-state index contributed by atoms with van der Waals surface area (Å²) < 4.78 is 34.7. The fraction of sp³-hybridized carbons (Fsp3) is 0.455. The zero-order valence-electron chi connectivity index (χ0n) is 9.70. The Hall–Kier alpha value is -0.650. The van der Waals surface area contributed by atoms with Gasteiger partial charge in [-0.3, -0.25) is 0 Å². The van der Waals surface area contributed by atoms with Crippen molar-refractivity contribution in [1.29, 1.82) is 0 Å². The second-order valence-electron chi connectivity index (χ2n) is 3.97. The van der Waals surface area contributed by atoms with Crippen LogP contribution in [0.3, 0.4) is 0 Å². The lowest BCUT2D eigenvalue weighted by atomic mass is 10.1. The first-order valence-corrected chi connectivity index (χ1v) is 7.59. The molecule has 0 amide bonds. The molecule has 96 valence electrons. The van der Waals surface area contributed by atoms with Crippen LogP contribution in [0.5, 0.6) is 0 Å². The summed E-state index contributed by atoms with van der Waals surface area (Å²) in [6, 6.07) is 4.04. The molecule has 0 aliphatic rings. The van der Waals surface area contributed by atoms with Gasteiger partial charge in [0.05, 0.1) is 5.75 Å². The summed E-state index contributed by atoms with van der Waals surface area (Å²) in [5.41, 5.74) is 0.751. The van der Waals surface area contributed by atoms with E-state index in [4.69, 9.17) is 11.6 Å². The first-order valence-electron chi connectivity index (χ1n) is 5.15. The minimum absolute atomic E-state index is 0.0656. The highest BCUT2D eigenvalue weighted by Gasteiger charge is 2.10. The fourth-order valence-electron chi connectivity index (χ4n) is 1.42. The molecule has 0 aromatic heterocycles. The first kappa shape index (κ1) is 14.4. The van der Waals surface area contributed by atoms with E-state index >= 15 is 0 Å². The molecule has 0 spiro atoms. The monoisotopic (exact) mass is 279 g/mol. The molecular formula is C11H15ClFNO2S. The van der Waals surface area contributed by atoms with Gasteiger partial charge >= 0.3 is 0 Å². The van der Waals surface area contributed by atoms with Gasteiger partial charge in [0, 0.05) is 23.9 Å². The van der Waals surface area contributed by atoms with Crippen LogP contribution in [-0.4, -0.2) is 27.0 Å². The van der Waals surface area contributed by atoms with Crippen LogP contribution >= 0.6 is 11.6 Å². The van der Waals surface area contributed by atoms with Crippen LogP contribution in [0.1, 0.15) is 18.5 Å². The molecule has 0 saturated heterocycles. The molecule has 17 heavy (non-hydrogen) atoms. The van der Waals surface area contributed by atoms with Crippen molar-refractivity contribution < 1.29 is 12.8 Å². The van der Waals surface area contributed by atoms with Crippen molar-refractivity contribution >= 4 is 21.4 Å². The number of benzene rings is 1. The zero-order chi connectivity index (χ0) is 13.1. The lowest BCUT2D eigenvalue weighted by Crippen LogP contribution is -2.25. The molecular weight excluding hydrogens is 265 g/mol. The lowest BCUT2D eigenvalue weighted by Gasteiger charge is -2.15. The van der Waals surface area contributed by atoms with Gasteiger partial charge < -0.3 is 5.32 Å². The third-order valence-electron chi connectivity index (χ3n) is 2.35. The Kier molecular flexibility index (Phi) is 4.91. The summed E-state index contributed by atoms with van der Waals surface area (Å²) in [4.78, 5) is 0. The molecule has 1 aromatic rings. The quantitative estimate of drug-likeness (QED) is 0.899. The SMILES string of the molecule is CC(NCCS(C)(=O)=O)c1ccc(F)cc1Cl. The number of hydrogen-bond acceptors (Lipinski definition) is 3.